The van der Waals surface area contributed by atoms with E-state index in [1.165, 1.54) is 38.4 Å². The number of nitrogens with two attached hydrogens (primary N) is 1. The summed E-state index contributed by atoms with van der Waals surface area (Å²) in [5, 5.41) is 0. The van der Waals surface area contributed by atoms with Crippen LogP contribution in [0.15, 0.2) is 41.5 Å². The third kappa shape index (κ3) is 4.71. The molecule has 1 aliphatic heterocycles. The van der Waals surface area contributed by atoms with Crippen molar-refractivity contribution in [3.63, 3.8) is 0 Å². The minimum atomic E-state index is -4.78. The molecule has 0 unspecified atom stereocenters. The molecule has 32 heavy (non-hydrogen) atoms. The number of nitrogens with zero attached hydrogens (tertiary/aromatic N) is 2. The number of amidine groups is 1. The molecule has 2 aromatic rings. The van der Waals surface area contributed by atoms with Crippen molar-refractivity contribution < 1.29 is 31.8 Å². The summed E-state index contributed by atoms with van der Waals surface area (Å²) >= 11 is 0. The van der Waals surface area contributed by atoms with Crippen LogP contribution in [0, 0.1) is 5.82 Å². The summed E-state index contributed by atoms with van der Waals surface area (Å²) in [5.41, 5.74) is 1.97. The van der Waals surface area contributed by atoms with Gasteiger partial charge in [-0.3, -0.25) is 9.79 Å². The van der Waals surface area contributed by atoms with Crippen LogP contribution in [0.1, 0.15) is 35.5 Å². The van der Waals surface area contributed by atoms with Crippen molar-refractivity contribution in [1.29, 1.82) is 0 Å². The maximum atomic E-state index is 14.6. The Bertz CT molecular complexity index is 1030. The summed E-state index contributed by atoms with van der Waals surface area (Å²) in [6.45, 7) is 1.65. The van der Waals surface area contributed by atoms with Crippen LogP contribution in [0.25, 0.3) is 0 Å². The molecule has 1 aromatic carbocycles. The van der Waals surface area contributed by atoms with E-state index in [-0.39, 0.29) is 35.9 Å². The monoisotopic (exact) mass is 475 g/mol. The Balaban J connectivity index is 0.00000363. The number of hydrogen-bond donors (Lipinski definition) is 1. The number of pyridine rings is 1. The highest BCUT2D eigenvalue weighted by Gasteiger charge is 2.59. The van der Waals surface area contributed by atoms with E-state index in [4.69, 9.17) is 15.2 Å². The van der Waals surface area contributed by atoms with Gasteiger partial charge in [-0.05, 0) is 43.7 Å². The molecule has 0 bridgehead atoms. The van der Waals surface area contributed by atoms with Crippen molar-refractivity contribution in [1.82, 2.24) is 4.98 Å². The lowest BCUT2D eigenvalue weighted by molar-refractivity contribution is -0.249. The number of ether oxygens (including phenoxy) is 2. The zero-order valence-corrected chi connectivity index (χ0v) is 18.3. The highest BCUT2D eigenvalue weighted by atomic mass is 35.5. The average molecular weight is 476 g/mol. The summed E-state index contributed by atoms with van der Waals surface area (Å²) in [4.78, 5) is 20.5. The number of halogens is 5. The molecule has 0 saturated heterocycles. The Labute approximate surface area is 188 Å². The summed E-state index contributed by atoms with van der Waals surface area (Å²) < 4.78 is 64.6. The van der Waals surface area contributed by atoms with E-state index < -0.39 is 35.6 Å². The predicted molar refractivity (Wildman–Crippen MR) is 112 cm³/mol. The summed E-state index contributed by atoms with van der Waals surface area (Å²) in [6.07, 6.45) is -3.47. The number of benzene rings is 1. The van der Waals surface area contributed by atoms with Gasteiger partial charge in [-0.15, -0.1) is 12.4 Å². The lowest BCUT2D eigenvalue weighted by Gasteiger charge is -2.41. The van der Waals surface area contributed by atoms with Gasteiger partial charge in [0.1, 0.15) is 28.6 Å². The zero-order valence-electron chi connectivity index (χ0n) is 17.5. The average Bonchev–Trinajstić information content (AvgIpc) is 2.71. The maximum Gasteiger partial charge on any atom is 0.424 e. The first kappa shape index (κ1) is 25.5. The first-order valence-corrected chi connectivity index (χ1v) is 9.28. The SMILES string of the molecule is COc1ccc(C(=O)Cc2ccc(F)c([C@]3(C)CO[C@@](C)(C(F)(F)F)C(N)=N3)c2)nc1.Cl. The molecule has 2 atom stereocenters. The smallest absolute Gasteiger partial charge is 0.424 e. The van der Waals surface area contributed by atoms with Crippen LogP contribution in [0.4, 0.5) is 17.6 Å². The summed E-state index contributed by atoms with van der Waals surface area (Å²) in [7, 11) is 1.47. The molecule has 0 amide bonds. The standard InChI is InChI=1S/C21H21F4N3O3.ClH/c1-19(11-31-20(2,18(26)28-19)21(23,24)25)14-8-12(4-6-15(14)22)9-17(29)16-7-5-13(30-3)10-27-16;/h4-8,10H,9,11H2,1-3H3,(H2,26,28);1H/t19-,20+;/m0./s1. The number of carbonyl (C=O) groups excluding carboxylic acids is 1. The maximum absolute atomic E-state index is 14.6. The fourth-order valence-electron chi connectivity index (χ4n) is 3.17. The van der Waals surface area contributed by atoms with E-state index in [1.54, 1.807) is 6.07 Å². The van der Waals surface area contributed by atoms with Gasteiger partial charge in [0.25, 0.3) is 0 Å². The number of ketones is 1. The number of methoxy groups -OCH3 is 1. The van der Waals surface area contributed by atoms with Crippen LogP contribution >= 0.6 is 12.4 Å². The zero-order chi connectivity index (χ0) is 23.0. The van der Waals surface area contributed by atoms with Gasteiger partial charge < -0.3 is 15.2 Å². The first-order chi connectivity index (χ1) is 14.4. The van der Waals surface area contributed by atoms with Crippen LogP contribution in [-0.4, -0.2) is 42.1 Å². The van der Waals surface area contributed by atoms with Crippen molar-refractivity contribution in [2.75, 3.05) is 13.7 Å². The summed E-state index contributed by atoms with van der Waals surface area (Å²) in [6, 6.07) is 7.03. The molecular formula is C21H22ClF4N3O3. The molecule has 0 spiro atoms. The molecule has 11 heteroatoms. The van der Waals surface area contributed by atoms with Gasteiger partial charge in [0, 0.05) is 12.0 Å². The first-order valence-electron chi connectivity index (χ1n) is 9.28. The molecule has 0 fully saturated rings. The Kier molecular flexibility index (Phi) is 7.21. The molecule has 0 radical (unpaired) electrons. The van der Waals surface area contributed by atoms with Crippen LogP contribution in [-0.2, 0) is 16.7 Å². The van der Waals surface area contributed by atoms with E-state index in [0.29, 0.717) is 11.3 Å². The van der Waals surface area contributed by atoms with E-state index in [0.717, 1.165) is 13.0 Å². The molecule has 0 saturated carbocycles. The number of hydrogen-bond acceptors (Lipinski definition) is 6. The molecule has 0 aliphatic carbocycles. The number of alkyl halides is 3. The quantitative estimate of drug-likeness (QED) is 0.522. The van der Waals surface area contributed by atoms with Gasteiger partial charge in [-0.25, -0.2) is 9.37 Å². The van der Waals surface area contributed by atoms with Gasteiger partial charge >= 0.3 is 6.18 Å². The van der Waals surface area contributed by atoms with Gasteiger partial charge in [0.05, 0.1) is 19.9 Å². The number of aromatic nitrogens is 1. The fraction of sp³-hybridized carbons (Fsp3) is 0.381. The summed E-state index contributed by atoms with van der Waals surface area (Å²) in [5.74, 6) is -1.32. The number of carbonyl (C=O) groups is 1. The van der Waals surface area contributed by atoms with E-state index >= 15 is 0 Å². The topological polar surface area (TPSA) is 86.8 Å². The number of Topliss-reactive ketones (excluding diaryl/α,β-unsaturated/α-hetero) is 1. The highest BCUT2D eigenvalue weighted by Crippen LogP contribution is 2.41. The molecule has 2 N–H and O–H groups in total. The highest BCUT2D eigenvalue weighted by molar-refractivity contribution is 5.95. The largest absolute Gasteiger partial charge is 0.495 e. The Morgan fingerprint density at radius 3 is 2.47 bits per heavy atom. The minimum Gasteiger partial charge on any atom is -0.495 e. The Morgan fingerprint density at radius 1 is 1.25 bits per heavy atom. The van der Waals surface area contributed by atoms with Crippen LogP contribution in [0.5, 0.6) is 5.75 Å². The second-order valence-corrected chi connectivity index (χ2v) is 7.59. The van der Waals surface area contributed by atoms with E-state index in [1.807, 2.05) is 0 Å². The van der Waals surface area contributed by atoms with Crippen LogP contribution in [0.3, 0.4) is 0 Å². The Hall–Kier alpha value is -2.72. The molecule has 1 aromatic heterocycles. The van der Waals surface area contributed by atoms with Crippen LogP contribution < -0.4 is 10.5 Å². The van der Waals surface area contributed by atoms with Crippen molar-refractivity contribution >= 4 is 24.0 Å². The van der Waals surface area contributed by atoms with Crippen LogP contribution in [0.2, 0.25) is 0 Å². The van der Waals surface area contributed by atoms with Crippen molar-refractivity contribution in [2.45, 2.75) is 37.6 Å². The normalized spacial score (nSPS) is 23.2. The molecular weight excluding hydrogens is 454 g/mol. The van der Waals surface area contributed by atoms with Crippen molar-refractivity contribution in [2.24, 2.45) is 10.7 Å². The van der Waals surface area contributed by atoms with Gasteiger partial charge in [-0.2, -0.15) is 13.2 Å². The second kappa shape index (κ2) is 9.03. The predicted octanol–water partition coefficient (Wildman–Crippen LogP) is 4.00. The fourth-order valence-corrected chi connectivity index (χ4v) is 3.17. The molecule has 2 heterocycles. The molecule has 174 valence electrons. The number of rotatable bonds is 5. The molecule has 6 nitrogen and oxygen atoms in total. The Morgan fingerprint density at radius 2 is 1.94 bits per heavy atom. The van der Waals surface area contributed by atoms with Gasteiger partial charge in [0.2, 0.25) is 5.60 Å². The molecule has 1 aliphatic rings. The lowest BCUT2D eigenvalue weighted by Crippen LogP contribution is -2.60. The second-order valence-electron chi connectivity index (χ2n) is 7.59. The third-order valence-electron chi connectivity index (χ3n) is 5.27. The van der Waals surface area contributed by atoms with Crippen molar-refractivity contribution in [3.8, 4) is 5.75 Å². The van der Waals surface area contributed by atoms with Gasteiger partial charge in [0.15, 0.2) is 5.78 Å². The van der Waals surface area contributed by atoms with Gasteiger partial charge in [-0.1, -0.05) is 6.07 Å². The lowest BCUT2D eigenvalue weighted by atomic mass is 9.88. The van der Waals surface area contributed by atoms with Crippen molar-refractivity contribution in [3.05, 3.63) is 59.2 Å². The number of aliphatic imine (C=N–C) groups is 1. The van der Waals surface area contributed by atoms with E-state index in [9.17, 15) is 22.4 Å². The molecule has 3 rings (SSSR count). The minimum absolute atomic E-state index is 0. The third-order valence-corrected chi connectivity index (χ3v) is 5.27. The van der Waals surface area contributed by atoms with E-state index in [2.05, 4.69) is 9.98 Å².